The predicted octanol–water partition coefficient (Wildman–Crippen LogP) is 3.51. The lowest BCUT2D eigenvalue weighted by atomic mass is 9.88. The number of carboxylic acids is 1. The van der Waals surface area contributed by atoms with Crippen LogP contribution in [0.25, 0.3) is 0 Å². The fourth-order valence-corrected chi connectivity index (χ4v) is 10.2. The highest BCUT2D eigenvalue weighted by atomic mass is 16.7. The molecule has 0 saturated carbocycles. The van der Waals surface area contributed by atoms with Gasteiger partial charge in [-0.15, -0.1) is 0 Å². The maximum atomic E-state index is 13.4. The quantitative estimate of drug-likeness (QED) is 0.0388. The van der Waals surface area contributed by atoms with Crippen LogP contribution >= 0.6 is 0 Å². The Morgan fingerprint density at radius 1 is 0.636 bits per heavy atom. The zero-order valence-corrected chi connectivity index (χ0v) is 46.9. The molecule has 2 aliphatic heterocycles. The lowest BCUT2D eigenvalue weighted by Crippen LogP contribution is -2.68. The van der Waals surface area contributed by atoms with Crippen molar-refractivity contribution in [2.24, 2.45) is 5.92 Å². The Morgan fingerprint density at radius 2 is 1.12 bits per heavy atom. The number of carbonyl (C=O) groups excluding carboxylic acids is 2. The van der Waals surface area contributed by atoms with Crippen LogP contribution in [0.4, 0.5) is 0 Å². The van der Waals surface area contributed by atoms with Crippen LogP contribution in [0, 0.1) is 5.92 Å². The van der Waals surface area contributed by atoms with Gasteiger partial charge in [-0.05, 0) is 18.8 Å². The first-order valence-electron chi connectivity index (χ1n) is 29.6. The van der Waals surface area contributed by atoms with Gasteiger partial charge in [0.05, 0.1) is 44.1 Å². The molecule has 2 rings (SSSR count). The zero-order chi connectivity index (χ0) is 57.2. The number of aliphatic carboxylic acids is 1. The Bertz CT molecular complexity index is 1540. The van der Waals surface area contributed by atoms with Crippen molar-refractivity contribution in [1.29, 1.82) is 0 Å². The molecule has 2 aliphatic rings. The van der Waals surface area contributed by atoms with Crippen LogP contribution in [0.1, 0.15) is 213 Å². The number of carbonyl (C=O) groups is 3. The highest BCUT2D eigenvalue weighted by Gasteiger charge is 2.57. The third-order valence-corrected chi connectivity index (χ3v) is 15.2. The van der Waals surface area contributed by atoms with Crippen molar-refractivity contribution in [2.45, 2.75) is 305 Å². The summed E-state index contributed by atoms with van der Waals surface area (Å²) in [6.07, 6.45) is 8.17. The molecule has 0 aromatic carbocycles. The zero-order valence-electron chi connectivity index (χ0n) is 46.9. The van der Waals surface area contributed by atoms with Crippen molar-refractivity contribution in [1.82, 2.24) is 10.6 Å². The third-order valence-electron chi connectivity index (χ3n) is 15.2. The van der Waals surface area contributed by atoms with Gasteiger partial charge in [-0.3, -0.25) is 9.59 Å². The number of carboxylic acid groups (broad SMARTS) is 1. The van der Waals surface area contributed by atoms with Crippen molar-refractivity contribution in [3.63, 3.8) is 0 Å². The normalized spacial score (nSPS) is 26.2. The molecule has 77 heavy (non-hydrogen) atoms. The van der Waals surface area contributed by atoms with Gasteiger partial charge in [0, 0.05) is 6.42 Å². The van der Waals surface area contributed by atoms with Gasteiger partial charge in [-0.25, -0.2) is 4.79 Å². The summed E-state index contributed by atoms with van der Waals surface area (Å²) in [5.74, 6) is -5.99. The van der Waals surface area contributed by atoms with Gasteiger partial charge in [0.1, 0.15) is 61.5 Å². The van der Waals surface area contributed by atoms with Crippen molar-refractivity contribution in [2.75, 3.05) is 26.4 Å². The first kappa shape index (κ1) is 70.9. The number of amides is 2. The second kappa shape index (κ2) is 40.9. The number of unbranched alkanes of at least 4 members (excludes halogenated alkanes) is 24. The molecule has 0 aromatic heterocycles. The number of ether oxygens (including phenoxy) is 4. The highest BCUT2D eigenvalue weighted by molar-refractivity contribution is 5.80. The fourth-order valence-electron chi connectivity index (χ4n) is 10.2. The van der Waals surface area contributed by atoms with Gasteiger partial charge >= 0.3 is 5.97 Å². The standard InChI is InChI=1S/C56H106N2O19/c1-4-5-6-7-8-9-10-11-12-13-14-15-16-17-18-23-26-29-32-41(62)53(71)57-39(47(66)40(61)31-28-25-22-20-19-21-24-27-30-38(2)3)36-74-54-51(70)50(69)49(68)44(76-54)37-75-56(55(72)73)33-42(63)46(58-45(65)35-60)52(77-56)48(67)43(64)34-59/h38-44,46-52,54,59-64,66-70H,4-37H2,1-3H3,(H,57,71)(H,58,65)(H,72,73)/t39-,40+,41+,42-,43+,44+,46?,47-,48+,49+,50-,51+,52+,54+,56+/m0/s1. The maximum absolute atomic E-state index is 13.4. The predicted molar refractivity (Wildman–Crippen MR) is 287 cm³/mol. The van der Waals surface area contributed by atoms with E-state index in [-0.39, 0.29) is 12.8 Å². The van der Waals surface area contributed by atoms with E-state index in [4.69, 9.17) is 18.9 Å². The van der Waals surface area contributed by atoms with Crippen LogP contribution in [0.3, 0.4) is 0 Å². The minimum atomic E-state index is -2.89. The van der Waals surface area contributed by atoms with E-state index >= 15 is 0 Å². The summed E-state index contributed by atoms with van der Waals surface area (Å²) in [6, 6.07) is -3.03. The second-order valence-electron chi connectivity index (χ2n) is 22.4. The van der Waals surface area contributed by atoms with Crippen LogP contribution in [-0.2, 0) is 33.3 Å². The van der Waals surface area contributed by atoms with Gasteiger partial charge in [-0.2, -0.15) is 0 Å². The van der Waals surface area contributed by atoms with Crippen molar-refractivity contribution in [3.05, 3.63) is 0 Å². The number of aliphatic hydroxyl groups excluding tert-OH is 11. The fraction of sp³-hybridized carbons (Fsp3) is 0.946. The van der Waals surface area contributed by atoms with Crippen LogP contribution < -0.4 is 10.6 Å². The number of aliphatic hydroxyl groups is 11. The molecule has 454 valence electrons. The van der Waals surface area contributed by atoms with Crippen LogP contribution in [-0.4, -0.2) is 197 Å². The second-order valence-corrected chi connectivity index (χ2v) is 22.4. The summed E-state index contributed by atoms with van der Waals surface area (Å²) in [5.41, 5.74) is 0. The third kappa shape index (κ3) is 27.4. The summed E-state index contributed by atoms with van der Waals surface area (Å²) in [6.45, 7) is 2.93. The van der Waals surface area contributed by atoms with Crippen molar-refractivity contribution in [3.8, 4) is 0 Å². The monoisotopic (exact) mass is 1110 g/mol. The maximum Gasteiger partial charge on any atom is 0.364 e. The molecular formula is C56H106N2O19. The van der Waals surface area contributed by atoms with Crippen LogP contribution in [0.15, 0.2) is 0 Å². The molecule has 15 atom stereocenters. The first-order chi connectivity index (χ1) is 36.8. The molecule has 0 radical (unpaired) electrons. The van der Waals surface area contributed by atoms with E-state index in [0.717, 1.165) is 57.8 Å². The van der Waals surface area contributed by atoms with Gasteiger partial charge < -0.3 is 90.9 Å². The molecule has 0 spiro atoms. The minimum absolute atomic E-state index is 0.142. The molecule has 14 N–H and O–H groups in total. The summed E-state index contributed by atoms with van der Waals surface area (Å²) in [7, 11) is 0. The number of hydrogen-bond acceptors (Lipinski definition) is 18. The SMILES string of the molecule is CCCCCCCCCCCCCCCCCCCC[C@@H](O)C(=O)N[C@@H](CO[C@@H]1O[C@H](CO[C@]2(C(=O)O)C[C@H](O)C(NC(=O)CO)[C@H]([C@H](O)[C@H](O)CO)O2)[C@@H](O)[C@H](O)[C@H]1O)[C@H](O)[C@H](O)CCCCCCCCCCC(C)C. The molecule has 21 heteroatoms. The molecule has 2 heterocycles. The number of hydrogen-bond donors (Lipinski definition) is 14. The molecular weight excluding hydrogens is 1000 g/mol. The van der Waals surface area contributed by atoms with E-state index in [1.165, 1.54) is 103 Å². The molecule has 2 saturated heterocycles. The van der Waals surface area contributed by atoms with Crippen LogP contribution in [0.2, 0.25) is 0 Å². The summed E-state index contributed by atoms with van der Waals surface area (Å²) in [5, 5.41) is 132. The van der Waals surface area contributed by atoms with Gasteiger partial charge in [0.2, 0.25) is 11.8 Å². The lowest BCUT2D eigenvalue weighted by Gasteiger charge is -2.47. The number of rotatable bonds is 46. The lowest BCUT2D eigenvalue weighted by molar-refractivity contribution is -0.339. The van der Waals surface area contributed by atoms with E-state index < -0.39 is 142 Å². The highest BCUT2D eigenvalue weighted by Crippen LogP contribution is 2.35. The smallest absolute Gasteiger partial charge is 0.364 e. The Kier molecular flexibility index (Phi) is 37.7. The summed E-state index contributed by atoms with van der Waals surface area (Å²) >= 11 is 0. The van der Waals surface area contributed by atoms with Gasteiger partial charge in [0.15, 0.2) is 6.29 Å². The molecule has 21 nitrogen and oxygen atoms in total. The summed E-state index contributed by atoms with van der Waals surface area (Å²) < 4.78 is 22.7. The van der Waals surface area contributed by atoms with E-state index in [9.17, 15) is 75.7 Å². The minimum Gasteiger partial charge on any atom is -0.477 e. The van der Waals surface area contributed by atoms with E-state index in [1.807, 2.05) is 0 Å². The largest absolute Gasteiger partial charge is 0.477 e. The Hall–Kier alpha value is -2.19. The van der Waals surface area contributed by atoms with E-state index in [2.05, 4.69) is 31.4 Å². The Balaban J connectivity index is 2.04. The van der Waals surface area contributed by atoms with E-state index in [0.29, 0.717) is 18.8 Å². The molecule has 0 bridgehead atoms. The number of nitrogens with one attached hydrogen (secondary N) is 2. The molecule has 0 aliphatic carbocycles. The van der Waals surface area contributed by atoms with E-state index in [1.54, 1.807) is 0 Å². The molecule has 0 aromatic rings. The van der Waals surface area contributed by atoms with Crippen molar-refractivity contribution < 1.29 is 94.6 Å². The Labute approximate surface area is 458 Å². The van der Waals surface area contributed by atoms with Crippen molar-refractivity contribution >= 4 is 17.8 Å². The molecule has 1 unspecified atom stereocenters. The topological polar surface area (TPSA) is 355 Å². The summed E-state index contributed by atoms with van der Waals surface area (Å²) in [4.78, 5) is 38.3. The first-order valence-corrected chi connectivity index (χ1v) is 29.6. The average Bonchev–Trinajstić information content (AvgIpc) is 3.41. The molecule has 2 amide bonds. The van der Waals surface area contributed by atoms with Gasteiger partial charge in [0.25, 0.3) is 5.79 Å². The molecule has 2 fully saturated rings. The Morgan fingerprint density at radius 3 is 1.58 bits per heavy atom. The van der Waals surface area contributed by atoms with Crippen LogP contribution in [0.5, 0.6) is 0 Å². The average molecular weight is 1110 g/mol. The van der Waals surface area contributed by atoms with Gasteiger partial charge in [-0.1, -0.05) is 194 Å².